The van der Waals surface area contributed by atoms with Crippen LogP contribution in [0.5, 0.6) is 0 Å². The van der Waals surface area contributed by atoms with E-state index in [4.69, 9.17) is 23.2 Å². The van der Waals surface area contributed by atoms with Gasteiger partial charge in [0.1, 0.15) is 12.1 Å². The predicted octanol–water partition coefficient (Wildman–Crippen LogP) is 3.16. The first kappa shape index (κ1) is 22.2. The Kier molecular flexibility index (Phi) is 6.42. The molecule has 1 saturated heterocycles. The summed E-state index contributed by atoms with van der Waals surface area (Å²) in [6.45, 7) is 0.263. The maximum absolute atomic E-state index is 12.9. The maximum Gasteiger partial charge on any atom is 0.421 e. The van der Waals surface area contributed by atoms with Crippen LogP contribution in [-0.4, -0.2) is 52.4 Å². The number of aromatic nitrogens is 1. The summed E-state index contributed by atoms with van der Waals surface area (Å²) in [4.78, 5) is 40.0. The highest BCUT2D eigenvalue weighted by atomic mass is 35.5. The van der Waals surface area contributed by atoms with Crippen molar-refractivity contribution < 1.29 is 22.8 Å². The van der Waals surface area contributed by atoms with E-state index in [2.05, 4.69) is 0 Å². The van der Waals surface area contributed by atoms with Crippen LogP contribution in [-0.2, 0) is 17.5 Å². The Morgan fingerprint density at radius 3 is 2.23 bits per heavy atom. The highest BCUT2D eigenvalue weighted by Crippen LogP contribution is 2.27. The number of benzene rings is 1. The zero-order valence-corrected chi connectivity index (χ0v) is 17.0. The lowest BCUT2D eigenvalue weighted by atomic mass is 10.1. The lowest BCUT2D eigenvalue weighted by Gasteiger charge is -2.35. The molecule has 1 aromatic carbocycles. The van der Waals surface area contributed by atoms with Gasteiger partial charge in [0.2, 0.25) is 5.91 Å². The first-order valence-corrected chi connectivity index (χ1v) is 9.63. The number of amides is 2. The third-order valence-corrected chi connectivity index (χ3v) is 5.55. The van der Waals surface area contributed by atoms with E-state index < -0.39 is 29.8 Å². The van der Waals surface area contributed by atoms with Crippen molar-refractivity contribution in [2.24, 2.45) is 0 Å². The number of nitrogens with zero attached hydrogens (tertiary/aromatic N) is 3. The van der Waals surface area contributed by atoms with Crippen molar-refractivity contribution in [3.05, 3.63) is 68.1 Å². The molecule has 0 radical (unpaired) electrons. The molecule has 1 aliphatic heterocycles. The van der Waals surface area contributed by atoms with Gasteiger partial charge < -0.3 is 14.4 Å². The number of halogens is 5. The molecular weight excluding hydrogens is 446 g/mol. The van der Waals surface area contributed by atoms with Gasteiger partial charge in [-0.05, 0) is 24.3 Å². The van der Waals surface area contributed by atoms with Gasteiger partial charge in [-0.15, -0.1) is 0 Å². The van der Waals surface area contributed by atoms with E-state index >= 15 is 0 Å². The summed E-state index contributed by atoms with van der Waals surface area (Å²) in [5.41, 5.74) is -2.35. The Hall–Kier alpha value is -2.52. The third-order valence-electron chi connectivity index (χ3n) is 4.73. The summed E-state index contributed by atoms with van der Waals surface area (Å²) in [6.07, 6.45) is -3.66. The van der Waals surface area contributed by atoms with E-state index in [9.17, 15) is 27.6 Å². The van der Waals surface area contributed by atoms with Gasteiger partial charge in [0.15, 0.2) is 0 Å². The minimum absolute atomic E-state index is 0.145. The average Bonchev–Trinajstić information content (AvgIpc) is 2.70. The molecule has 1 aromatic heterocycles. The van der Waals surface area contributed by atoms with Crippen LogP contribution in [0.4, 0.5) is 13.2 Å². The highest BCUT2D eigenvalue weighted by Gasteiger charge is 2.34. The first-order chi connectivity index (χ1) is 14.1. The van der Waals surface area contributed by atoms with E-state index in [0.29, 0.717) is 6.07 Å². The highest BCUT2D eigenvalue weighted by molar-refractivity contribution is 6.43. The van der Waals surface area contributed by atoms with E-state index in [-0.39, 0.29) is 47.7 Å². The van der Waals surface area contributed by atoms with E-state index in [1.165, 1.54) is 9.80 Å². The molecule has 0 spiro atoms. The standard InChI is InChI=1S/C19H16Cl2F3N3O3/c20-14-5-1-3-12(16(14)21)17(29)26-9-7-25(8-10-26)15(28)11-27-6-2-4-13(18(27)30)19(22,23)24/h1-6H,7-11H2. The maximum atomic E-state index is 12.9. The summed E-state index contributed by atoms with van der Waals surface area (Å²) < 4.78 is 39.3. The van der Waals surface area contributed by atoms with Crippen molar-refractivity contribution in [3.63, 3.8) is 0 Å². The molecule has 2 amide bonds. The number of piperazine rings is 1. The second-order valence-electron chi connectivity index (χ2n) is 6.63. The van der Waals surface area contributed by atoms with Crippen LogP contribution < -0.4 is 5.56 Å². The molecule has 1 fully saturated rings. The molecule has 30 heavy (non-hydrogen) atoms. The second-order valence-corrected chi connectivity index (χ2v) is 7.41. The van der Waals surface area contributed by atoms with Crippen molar-refractivity contribution in [2.75, 3.05) is 26.2 Å². The smallest absolute Gasteiger partial charge is 0.338 e. The summed E-state index contributed by atoms with van der Waals surface area (Å²) in [5, 5.41) is 0.398. The molecule has 11 heteroatoms. The molecule has 6 nitrogen and oxygen atoms in total. The first-order valence-electron chi connectivity index (χ1n) is 8.87. The van der Waals surface area contributed by atoms with E-state index in [1.807, 2.05) is 0 Å². The molecule has 0 aliphatic carbocycles. The van der Waals surface area contributed by atoms with Gasteiger partial charge >= 0.3 is 6.18 Å². The SMILES string of the molecule is O=C(Cn1cccc(C(F)(F)F)c1=O)N1CCN(C(=O)c2cccc(Cl)c2Cl)CC1. The van der Waals surface area contributed by atoms with Crippen LogP contribution in [0.1, 0.15) is 15.9 Å². The zero-order valence-electron chi connectivity index (χ0n) is 15.5. The normalized spacial score (nSPS) is 14.7. The Balaban J connectivity index is 1.64. The second kappa shape index (κ2) is 8.69. The van der Waals surface area contributed by atoms with Crippen LogP contribution in [0.3, 0.4) is 0 Å². The summed E-state index contributed by atoms with van der Waals surface area (Å²) in [5.74, 6) is -0.840. The van der Waals surface area contributed by atoms with Crippen LogP contribution in [0, 0.1) is 0 Å². The summed E-state index contributed by atoms with van der Waals surface area (Å²) in [6, 6.07) is 6.46. The summed E-state index contributed by atoms with van der Waals surface area (Å²) >= 11 is 12.0. The molecule has 0 atom stereocenters. The number of alkyl halides is 3. The van der Waals surface area contributed by atoms with Gasteiger partial charge in [0.05, 0.1) is 15.6 Å². The van der Waals surface area contributed by atoms with Gasteiger partial charge in [0, 0.05) is 32.4 Å². The molecule has 2 heterocycles. The van der Waals surface area contributed by atoms with Crippen molar-refractivity contribution in [3.8, 4) is 0 Å². The number of hydrogen-bond acceptors (Lipinski definition) is 3. The van der Waals surface area contributed by atoms with Crippen LogP contribution in [0.2, 0.25) is 10.0 Å². The molecule has 0 bridgehead atoms. The van der Waals surface area contributed by atoms with Crippen molar-refractivity contribution >= 4 is 35.0 Å². The van der Waals surface area contributed by atoms with Gasteiger partial charge in [-0.25, -0.2) is 0 Å². The fourth-order valence-electron chi connectivity index (χ4n) is 3.12. The number of pyridine rings is 1. The molecule has 0 unspecified atom stereocenters. The Morgan fingerprint density at radius 2 is 1.60 bits per heavy atom. The predicted molar refractivity (Wildman–Crippen MR) is 105 cm³/mol. The van der Waals surface area contributed by atoms with Gasteiger partial charge in [0.25, 0.3) is 11.5 Å². The summed E-state index contributed by atoms with van der Waals surface area (Å²) in [7, 11) is 0. The average molecular weight is 462 g/mol. The number of carbonyl (C=O) groups excluding carboxylic acids is 2. The van der Waals surface area contributed by atoms with Crippen molar-refractivity contribution in [1.82, 2.24) is 14.4 Å². The van der Waals surface area contributed by atoms with Crippen molar-refractivity contribution in [2.45, 2.75) is 12.7 Å². The molecule has 0 saturated carbocycles. The molecule has 2 aromatic rings. The Bertz CT molecular complexity index is 1030. The lowest BCUT2D eigenvalue weighted by Crippen LogP contribution is -2.51. The molecule has 160 valence electrons. The van der Waals surface area contributed by atoms with Gasteiger partial charge in [-0.1, -0.05) is 29.3 Å². The Labute approximate surface area is 179 Å². The van der Waals surface area contributed by atoms with Gasteiger partial charge in [-0.3, -0.25) is 14.4 Å². The number of carbonyl (C=O) groups is 2. The van der Waals surface area contributed by atoms with Crippen LogP contribution >= 0.6 is 23.2 Å². The fourth-order valence-corrected chi connectivity index (χ4v) is 3.50. The molecular formula is C19H16Cl2F3N3O3. The zero-order chi connectivity index (χ0) is 22.1. The largest absolute Gasteiger partial charge is 0.421 e. The van der Waals surface area contributed by atoms with E-state index in [1.54, 1.807) is 18.2 Å². The quantitative estimate of drug-likeness (QED) is 0.705. The molecule has 1 aliphatic rings. The topological polar surface area (TPSA) is 62.6 Å². The van der Waals surface area contributed by atoms with Crippen molar-refractivity contribution in [1.29, 1.82) is 0 Å². The monoisotopic (exact) mass is 461 g/mol. The molecule has 3 rings (SSSR count). The number of rotatable bonds is 3. The number of hydrogen-bond donors (Lipinski definition) is 0. The minimum Gasteiger partial charge on any atom is -0.338 e. The Morgan fingerprint density at radius 1 is 0.967 bits per heavy atom. The van der Waals surface area contributed by atoms with Gasteiger partial charge in [-0.2, -0.15) is 13.2 Å². The lowest BCUT2D eigenvalue weighted by molar-refractivity contribution is -0.139. The van der Waals surface area contributed by atoms with Crippen LogP contribution in [0.25, 0.3) is 0 Å². The van der Waals surface area contributed by atoms with E-state index in [0.717, 1.165) is 16.8 Å². The molecule has 0 N–H and O–H groups in total. The third kappa shape index (κ3) is 4.62. The minimum atomic E-state index is -4.79. The van der Waals surface area contributed by atoms with Crippen LogP contribution in [0.15, 0.2) is 41.3 Å². The fraction of sp³-hybridized carbons (Fsp3) is 0.316.